The second-order valence-corrected chi connectivity index (χ2v) is 2.79. The summed E-state index contributed by atoms with van der Waals surface area (Å²) in [5, 5.41) is 0. The van der Waals surface area contributed by atoms with Gasteiger partial charge in [-0.15, -0.1) is 0 Å². The van der Waals surface area contributed by atoms with Gasteiger partial charge in [0, 0.05) is 13.5 Å². The van der Waals surface area contributed by atoms with Crippen molar-refractivity contribution in [1.29, 1.82) is 0 Å². The first-order valence-corrected chi connectivity index (χ1v) is 4.10. The zero-order valence-corrected chi connectivity index (χ0v) is 7.29. The first-order chi connectivity index (χ1) is 5.82. The highest BCUT2D eigenvalue weighted by Gasteiger charge is 2.57. The van der Waals surface area contributed by atoms with Crippen LogP contribution in [0.3, 0.4) is 0 Å². The minimum Gasteiger partial charge on any atom is -0.490 e. The third-order valence-electron chi connectivity index (χ3n) is 2.08. The lowest BCUT2D eigenvalue weighted by atomic mass is 10.1. The van der Waals surface area contributed by atoms with Crippen LogP contribution in [0, 0.1) is 0 Å². The molecule has 1 aliphatic carbocycles. The lowest BCUT2D eigenvalue weighted by Crippen LogP contribution is -2.14. The Kier molecular flexibility index (Phi) is 1.61. The van der Waals surface area contributed by atoms with Crippen molar-refractivity contribution < 1.29 is 14.2 Å². The lowest BCUT2D eigenvalue weighted by Gasteiger charge is -2.08. The number of epoxide rings is 1. The fourth-order valence-electron chi connectivity index (χ4n) is 1.40. The summed E-state index contributed by atoms with van der Waals surface area (Å²) >= 11 is 0. The summed E-state index contributed by atoms with van der Waals surface area (Å²) in [4.78, 5) is 0. The van der Waals surface area contributed by atoms with Gasteiger partial charge >= 0.3 is 0 Å². The van der Waals surface area contributed by atoms with Crippen LogP contribution < -0.4 is 0 Å². The smallest absolute Gasteiger partial charge is 0.276 e. The number of hydrogen-bond donors (Lipinski definition) is 0. The summed E-state index contributed by atoms with van der Waals surface area (Å²) in [6, 6.07) is 0. The first kappa shape index (κ1) is 7.68. The average molecular weight is 168 g/mol. The number of ether oxygens (including phenoxy) is 3. The summed E-state index contributed by atoms with van der Waals surface area (Å²) in [6.45, 7) is 2.61. The Morgan fingerprint density at radius 3 is 3.17 bits per heavy atom. The molecule has 0 aromatic rings. The SMILES string of the molecule is CCOC1=C2OC2(OC)CC=C1. The average Bonchev–Trinajstić information content (AvgIpc) is 2.81. The molecule has 1 saturated heterocycles. The first-order valence-electron chi connectivity index (χ1n) is 4.10. The van der Waals surface area contributed by atoms with Gasteiger partial charge in [-0.1, -0.05) is 6.08 Å². The van der Waals surface area contributed by atoms with Crippen LogP contribution in [0.1, 0.15) is 13.3 Å². The standard InChI is InChI=1S/C9H12O3/c1-3-11-7-5-4-6-9(10-2)8(7)12-9/h4-5H,3,6H2,1-2H3. The van der Waals surface area contributed by atoms with Gasteiger partial charge in [0.05, 0.1) is 6.61 Å². The molecule has 0 bridgehead atoms. The third kappa shape index (κ3) is 0.932. The van der Waals surface area contributed by atoms with E-state index in [-0.39, 0.29) is 0 Å². The summed E-state index contributed by atoms with van der Waals surface area (Å²) in [7, 11) is 1.65. The van der Waals surface area contributed by atoms with E-state index >= 15 is 0 Å². The molecule has 12 heavy (non-hydrogen) atoms. The molecular formula is C9H12O3. The summed E-state index contributed by atoms with van der Waals surface area (Å²) < 4.78 is 15.9. The molecule has 2 aliphatic rings. The lowest BCUT2D eigenvalue weighted by molar-refractivity contribution is -0.00703. The van der Waals surface area contributed by atoms with E-state index in [1.807, 2.05) is 19.1 Å². The minimum absolute atomic E-state index is 0.473. The van der Waals surface area contributed by atoms with Gasteiger partial charge in [0.15, 0.2) is 5.76 Å². The van der Waals surface area contributed by atoms with Crippen LogP contribution in [0.4, 0.5) is 0 Å². The predicted molar refractivity (Wildman–Crippen MR) is 43.2 cm³/mol. The number of methoxy groups -OCH3 is 1. The van der Waals surface area contributed by atoms with Crippen molar-refractivity contribution in [3.8, 4) is 0 Å². The van der Waals surface area contributed by atoms with Crippen LogP contribution in [0.15, 0.2) is 23.7 Å². The molecule has 0 spiro atoms. The Morgan fingerprint density at radius 2 is 2.50 bits per heavy atom. The molecular weight excluding hydrogens is 156 g/mol. The molecule has 2 rings (SSSR count). The van der Waals surface area contributed by atoms with E-state index in [1.54, 1.807) is 7.11 Å². The van der Waals surface area contributed by atoms with Crippen LogP contribution in [0.25, 0.3) is 0 Å². The Bertz CT molecular complexity index is 254. The second kappa shape index (κ2) is 2.52. The Morgan fingerprint density at radius 1 is 1.67 bits per heavy atom. The molecule has 3 nitrogen and oxygen atoms in total. The van der Waals surface area contributed by atoms with Gasteiger partial charge in [-0.05, 0) is 13.0 Å². The van der Waals surface area contributed by atoms with Crippen molar-refractivity contribution >= 4 is 0 Å². The van der Waals surface area contributed by atoms with Crippen LogP contribution in [-0.2, 0) is 14.2 Å². The Labute approximate surface area is 71.6 Å². The monoisotopic (exact) mass is 168 g/mol. The van der Waals surface area contributed by atoms with E-state index < -0.39 is 5.79 Å². The molecule has 0 saturated carbocycles. The van der Waals surface area contributed by atoms with Gasteiger partial charge < -0.3 is 14.2 Å². The van der Waals surface area contributed by atoms with E-state index in [0.717, 1.165) is 17.9 Å². The fourth-order valence-corrected chi connectivity index (χ4v) is 1.40. The quantitative estimate of drug-likeness (QED) is 0.599. The molecule has 1 fully saturated rings. The van der Waals surface area contributed by atoms with Gasteiger partial charge in [-0.2, -0.15) is 0 Å². The van der Waals surface area contributed by atoms with Crippen LogP contribution >= 0.6 is 0 Å². The van der Waals surface area contributed by atoms with Crippen molar-refractivity contribution in [1.82, 2.24) is 0 Å². The molecule has 66 valence electrons. The van der Waals surface area contributed by atoms with E-state index in [2.05, 4.69) is 0 Å². The normalized spacial score (nSPS) is 31.2. The van der Waals surface area contributed by atoms with Crippen molar-refractivity contribution in [2.75, 3.05) is 13.7 Å². The Balaban J connectivity index is 2.18. The topological polar surface area (TPSA) is 31.0 Å². The molecule has 1 heterocycles. The predicted octanol–water partition coefficient (Wildman–Crippen LogP) is 1.57. The molecule has 1 unspecified atom stereocenters. The molecule has 3 heteroatoms. The molecule has 0 N–H and O–H groups in total. The van der Waals surface area contributed by atoms with E-state index in [0.29, 0.717) is 6.61 Å². The van der Waals surface area contributed by atoms with Crippen molar-refractivity contribution in [2.45, 2.75) is 19.1 Å². The van der Waals surface area contributed by atoms with Crippen molar-refractivity contribution in [3.63, 3.8) is 0 Å². The molecule has 0 radical (unpaired) electrons. The highest BCUT2D eigenvalue weighted by molar-refractivity contribution is 5.35. The molecule has 1 aliphatic heterocycles. The van der Waals surface area contributed by atoms with Gasteiger partial charge in [0.25, 0.3) is 5.79 Å². The maximum absolute atomic E-state index is 5.35. The van der Waals surface area contributed by atoms with E-state index in [9.17, 15) is 0 Å². The number of hydrogen-bond acceptors (Lipinski definition) is 3. The number of allylic oxidation sites excluding steroid dienone is 1. The summed E-state index contributed by atoms with van der Waals surface area (Å²) in [6.07, 6.45) is 4.73. The fraction of sp³-hybridized carbons (Fsp3) is 0.556. The largest absolute Gasteiger partial charge is 0.490 e. The van der Waals surface area contributed by atoms with Gasteiger partial charge in [-0.3, -0.25) is 0 Å². The van der Waals surface area contributed by atoms with Gasteiger partial charge in [0.2, 0.25) is 5.76 Å². The summed E-state index contributed by atoms with van der Waals surface area (Å²) in [5.41, 5.74) is 0. The van der Waals surface area contributed by atoms with Crippen LogP contribution in [-0.4, -0.2) is 19.5 Å². The van der Waals surface area contributed by atoms with Crippen molar-refractivity contribution in [3.05, 3.63) is 23.7 Å². The zero-order valence-electron chi connectivity index (χ0n) is 7.29. The summed E-state index contributed by atoms with van der Waals surface area (Å²) in [5.74, 6) is 1.18. The maximum atomic E-state index is 5.35. The maximum Gasteiger partial charge on any atom is 0.276 e. The molecule has 0 aromatic heterocycles. The van der Waals surface area contributed by atoms with E-state index in [4.69, 9.17) is 14.2 Å². The van der Waals surface area contributed by atoms with Gasteiger partial charge in [-0.25, -0.2) is 0 Å². The zero-order chi connectivity index (χ0) is 8.60. The third-order valence-corrected chi connectivity index (χ3v) is 2.08. The highest BCUT2D eigenvalue weighted by atomic mass is 16.8. The van der Waals surface area contributed by atoms with E-state index in [1.165, 1.54) is 0 Å². The van der Waals surface area contributed by atoms with Crippen LogP contribution in [0.2, 0.25) is 0 Å². The second-order valence-electron chi connectivity index (χ2n) is 2.79. The molecule has 0 aromatic carbocycles. The van der Waals surface area contributed by atoms with Gasteiger partial charge in [0.1, 0.15) is 0 Å². The Hall–Kier alpha value is -0.960. The minimum atomic E-state index is -0.473. The van der Waals surface area contributed by atoms with Crippen LogP contribution in [0.5, 0.6) is 0 Å². The highest BCUT2D eigenvalue weighted by Crippen LogP contribution is 2.49. The number of fused-ring (bicyclic) bond motifs is 1. The molecule has 1 atom stereocenters. The molecule has 0 amide bonds. The van der Waals surface area contributed by atoms with Crippen molar-refractivity contribution in [2.24, 2.45) is 0 Å². The number of rotatable bonds is 3.